The number of benzene rings is 1. The zero-order valence-electron chi connectivity index (χ0n) is 11.7. The molecule has 0 saturated carbocycles. The third-order valence-corrected chi connectivity index (χ3v) is 2.61. The molecule has 1 aromatic rings. The first-order valence-electron chi connectivity index (χ1n) is 6.02. The average molecular weight is 251 g/mol. The summed E-state index contributed by atoms with van der Waals surface area (Å²) in [6.07, 6.45) is -0.366. The minimum absolute atomic E-state index is 0.270. The lowest BCUT2D eigenvalue weighted by Crippen LogP contribution is -2.46. The van der Waals surface area contributed by atoms with E-state index in [-0.39, 0.29) is 11.6 Å². The van der Waals surface area contributed by atoms with Crippen LogP contribution in [0, 0.1) is 0 Å². The molecule has 1 rings (SSSR count). The summed E-state index contributed by atoms with van der Waals surface area (Å²) in [5.41, 5.74) is -0.270. The van der Waals surface area contributed by atoms with Gasteiger partial charge in [-0.05, 0) is 39.8 Å². The Morgan fingerprint density at radius 3 is 2.22 bits per heavy atom. The number of rotatable bonds is 3. The Hall–Kier alpha value is -1.71. The fourth-order valence-corrected chi connectivity index (χ4v) is 1.73. The number of amides is 1. The van der Waals surface area contributed by atoms with E-state index < -0.39 is 0 Å². The van der Waals surface area contributed by atoms with Crippen molar-refractivity contribution in [2.45, 2.75) is 33.2 Å². The second-order valence-corrected chi connectivity index (χ2v) is 4.93. The van der Waals surface area contributed by atoms with Gasteiger partial charge in [-0.15, -0.1) is 0 Å². The fourth-order valence-electron chi connectivity index (χ4n) is 1.73. The number of hydrogen-bond donors (Lipinski definition) is 0. The van der Waals surface area contributed by atoms with Gasteiger partial charge in [0.25, 0.3) is 0 Å². The van der Waals surface area contributed by atoms with E-state index in [1.54, 1.807) is 30.2 Å². The van der Waals surface area contributed by atoms with Crippen LogP contribution in [-0.4, -0.2) is 30.2 Å². The molecule has 0 aliphatic carbocycles. The van der Waals surface area contributed by atoms with Gasteiger partial charge in [0, 0.05) is 12.1 Å². The third kappa shape index (κ3) is 3.39. The summed E-state index contributed by atoms with van der Waals surface area (Å²) in [7, 11) is 1.55. The highest BCUT2D eigenvalue weighted by Gasteiger charge is 2.27. The van der Waals surface area contributed by atoms with Crippen LogP contribution in [0.25, 0.3) is 0 Å². The summed E-state index contributed by atoms with van der Waals surface area (Å²) in [6, 6.07) is 7.11. The largest absolute Gasteiger partial charge is 0.493 e. The summed E-state index contributed by atoms with van der Waals surface area (Å²) in [6.45, 7) is 8.44. The topological polar surface area (TPSA) is 38.8 Å². The van der Waals surface area contributed by atoms with Crippen LogP contribution in [0.1, 0.15) is 27.7 Å². The average Bonchev–Trinajstić information content (AvgIpc) is 2.28. The molecule has 18 heavy (non-hydrogen) atoms. The van der Waals surface area contributed by atoms with E-state index in [1.807, 2.05) is 33.8 Å². The summed E-state index contributed by atoms with van der Waals surface area (Å²) in [5, 5.41) is 0. The van der Waals surface area contributed by atoms with Crippen LogP contribution >= 0.6 is 0 Å². The van der Waals surface area contributed by atoms with E-state index in [0.29, 0.717) is 18.0 Å². The second kappa shape index (κ2) is 5.76. The normalized spacial score (nSPS) is 10.9. The number of para-hydroxylation sites is 2. The predicted octanol–water partition coefficient (Wildman–Crippen LogP) is 3.31. The lowest BCUT2D eigenvalue weighted by Gasteiger charge is -2.33. The number of carbonyl (C=O) groups excluding carboxylic acids is 1. The molecule has 0 aliphatic rings. The maximum Gasteiger partial charge on any atom is 0.415 e. The molecule has 100 valence electrons. The molecule has 4 heteroatoms. The Balaban J connectivity index is 2.87. The first-order valence-corrected chi connectivity index (χ1v) is 6.02. The molecule has 0 unspecified atom stereocenters. The van der Waals surface area contributed by atoms with E-state index >= 15 is 0 Å². The molecular formula is C14H21NO3. The van der Waals surface area contributed by atoms with E-state index in [4.69, 9.17) is 9.47 Å². The van der Waals surface area contributed by atoms with Crippen molar-refractivity contribution in [1.29, 1.82) is 0 Å². The van der Waals surface area contributed by atoms with Crippen LogP contribution in [0.3, 0.4) is 0 Å². The number of nitrogens with zero attached hydrogens (tertiary/aromatic N) is 1. The molecule has 0 aromatic heterocycles. The van der Waals surface area contributed by atoms with Crippen LogP contribution in [0.5, 0.6) is 11.5 Å². The van der Waals surface area contributed by atoms with Gasteiger partial charge in [-0.3, -0.25) is 0 Å². The zero-order chi connectivity index (χ0) is 13.8. The Morgan fingerprint density at radius 1 is 1.22 bits per heavy atom. The molecule has 0 aliphatic heterocycles. The Kier molecular flexibility index (Phi) is 4.59. The smallest absolute Gasteiger partial charge is 0.415 e. The molecule has 1 amide bonds. The van der Waals surface area contributed by atoms with Crippen LogP contribution in [-0.2, 0) is 0 Å². The van der Waals surface area contributed by atoms with Gasteiger partial charge in [0.1, 0.15) is 0 Å². The fraction of sp³-hybridized carbons (Fsp3) is 0.500. The van der Waals surface area contributed by atoms with Crippen molar-refractivity contribution in [3.8, 4) is 11.5 Å². The van der Waals surface area contributed by atoms with Crippen molar-refractivity contribution in [2.24, 2.45) is 0 Å². The standard InChI is InChI=1S/C14H21NO3/c1-6-15(14(2,3)4)13(16)18-12-10-8-7-9-11(12)17-5/h7-10H,6H2,1-5H3. The molecule has 0 atom stereocenters. The van der Waals surface area contributed by atoms with Gasteiger partial charge >= 0.3 is 6.09 Å². The molecule has 0 spiro atoms. The number of carbonyl (C=O) groups is 1. The van der Waals surface area contributed by atoms with Gasteiger partial charge in [-0.2, -0.15) is 0 Å². The van der Waals surface area contributed by atoms with Gasteiger partial charge in [0.2, 0.25) is 0 Å². The van der Waals surface area contributed by atoms with Gasteiger partial charge in [0.15, 0.2) is 11.5 Å². The maximum atomic E-state index is 12.1. The summed E-state index contributed by atoms with van der Waals surface area (Å²) in [5.74, 6) is 0.989. The van der Waals surface area contributed by atoms with E-state index in [2.05, 4.69) is 0 Å². The maximum absolute atomic E-state index is 12.1. The number of hydrogen-bond acceptors (Lipinski definition) is 3. The molecule has 0 bridgehead atoms. The molecule has 4 nitrogen and oxygen atoms in total. The van der Waals surface area contributed by atoms with E-state index in [0.717, 1.165) is 0 Å². The van der Waals surface area contributed by atoms with Gasteiger partial charge in [0.05, 0.1) is 7.11 Å². The number of ether oxygens (including phenoxy) is 2. The third-order valence-electron chi connectivity index (χ3n) is 2.61. The van der Waals surface area contributed by atoms with Gasteiger partial charge in [-0.1, -0.05) is 12.1 Å². The Labute approximate surface area is 108 Å². The van der Waals surface area contributed by atoms with Crippen molar-refractivity contribution in [3.05, 3.63) is 24.3 Å². The first kappa shape index (κ1) is 14.4. The highest BCUT2D eigenvalue weighted by molar-refractivity contribution is 5.72. The first-order chi connectivity index (χ1) is 8.40. The van der Waals surface area contributed by atoms with E-state index in [1.165, 1.54) is 0 Å². The summed E-state index contributed by atoms with van der Waals surface area (Å²) >= 11 is 0. The minimum Gasteiger partial charge on any atom is -0.493 e. The SMILES string of the molecule is CCN(C(=O)Oc1ccccc1OC)C(C)(C)C. The molecule has 0 N–H and O–H groups in total. The molecule has 0 heterocycles. The lowest BCUT2D eigenvalue weighted by molar-refractivity contribution is 0.109. The van der Waals surface area contributed by atoms with Gasteiger partial charge < -0.3 is 14.4 Å². The minimum atomic E-state index is -0.366. The van der Waals surface area contributed by atoms with Crippen LogP contribution < -0.4 is 9.47 Å². The summed E-state index contributed by atoms with van der Waals surface area (Å²) in [4.78, 5) is 13.8. The Bertz CT molecular complexity index is 410. The second-order valence-electron chi connectivity index (χ2n) is 4.93. The van der Waals surface area contributed by atoms with Gasteiger partial charge in [-0.25, -0.2) is 4.79 Å². The highest BCUT2D eigenvalue weighted by Crippen LogP contribution is 2.27. The van der Waals surface area contributed by atoms with Crippen LogP contribution in [0.4, 0.5) is 4.79 Å². The quantitative estimate of drug-likeness (QED) is 0.827. The molecule has 0 fully saturated rings. The summed E-state index contributed by atoms with van der Waals surface area (Å²) < 4.78 is 10.5. The molecule has 1 aromatic carbocycles. The lowest BCUT2D eigenvalue weighted by atomic mass is 10.1. The van der Waals surface area contributed by atoms with Crippen LogP contribution in [0.15, 0.2) is 24.3 Å². The molecule has 0 saturated heterocycles. The van der Waals surface area contributed by atoms with E-state index in [9.17, 15) is 4.79 Å². The van der Waals surface area contributed by atoms with Crippen molar-refractivity contribution in [2.75, 3.05) is 13.7 Å². The zero-order valence-corrected chi connectivity index (χ0v) is 11.7. The monoisotopic (exact) mass is 251 g/mol. The van der Waals surface area contributed by atoms with Crippen molar-refractivity contribution in [3.63, 3.8) is 0 Å². The Morgan fingerprint density at radius 2 is 1.78 bits per heavy atom. The molecule has 0 radical (unpaired) electrons. The highest BCUT2D eigenvalue weighted by atomic mass is 16.6. The predicted molar refractivity (Wildman–Crippen MR) is 71.2 cm³/mol. The van der Waals surface area contributed by atoms with Crippen molar-refractivity contribution < 1.29 is 14.3 Å². The van der Waals surface area contributed by atoms with Crippen molar-refractivity contribution in [1.82, 2.24) is 4.90 Å². The number of methoxy groups -OCH3 is 1. The van der Waals surface area contributed by atoms with Crippen molar-refractivity contribution >= 4 is 6.09 Å². The van der Waals surface area contributed by atoms with Crippen LogP contribution in [0.2, 0.25) is 0 Å². The molecular weight excluding hydrogens is 230 g/mol.